The summed E-state index contributed by atoms with van der Waals surface area (Å²) in [5, 5.41) is 0. The molecular formula is C23H16N2O2. The molecule has 0 aliphatic rings. The average molecular weight is 352 g/mol. The minimum atomic E-state index is 0.255. The number of nitrogens with zero attached hydrogens (tertiary/aromatic N) is 2. The predicted octanol–water partition coefficient (Wildman–Crippen LogP) is 5.42. The second-order valence-electron chi connectivity index (χ2n) is 5.93. The number of carbonyl (C=O) groups is 1. The first-order valence-corrected chi connectivity index (χ1v) is 8.54. The zero-order valence-corrected chi connectivity index (χ0v) is 14.4. The number of ether oxygens (including phenoxy) is 1. The lowest BCUT2D eigenvalue weighted by molar-refractivity contribution is 0.112. The Kier molecular flexibility index (Phi) is 4.70. The molecule has 0 spiro atoms. The fourth-order valence-electron chi connectivity index (χ4n) is 2.92. The van der Waals surface area contributed by atoms with Crippen molar-refractivity contribution >= 4 is 6.29 Å². The van der Waals surface area contributed by atoms with E-state index in [0.29, 0.717) is 11.3 Å². The van der Waals surface area contributed by atoms with Gasteiger partial charge < -0.3 is 4.74 Å². The van der Waals surface area contributed by atoms with E-state index in [1.165, 1.54) is 0 Å². The summed E-state index contributed by atoms with van der Waals surface area (Å²) in [6, 6.07) is 25.3. The van der Waals surface area contributed by atoms with Crippen LogP contribution in [0.4, 0.5) is 0 Å². The molecule has 0 radical (unpaired) electrons. The van der Waals surface area contributed by atoms with Crippen molar-refractivity contribution in [2.24, 2.45) is 0 Å². The van der Waals surface area contributed by atoms with Crippen molar-refractivity contribution in [1.29, 1.82) is 0 Å². The minimum Gasteiger partial charge on any atom is -0.423 e. The van der Waals surface area contributed by atoms with Crippen molar-refractivity contribution in [3.05, 3.63) is 96.8 Å². The maximum absolute atomic E-state index is 11.6. The highest BCUT2D eigenvalue weighted by Crippen LogP contribution is 2.41. The van der Waals surface area contributed by atoms with Gasteiger partial charge in [-0.3, -0.25) is 4.79 Å². The Balaban J connectivity index is 1.97. The van der Waals surface area contributed by atoms with Crippen LogP contribution in [0.2, 0.25) is 0 Å². The van der Waals surface area contributed by atoms with Gasteiger partial charge in [0, 0.05) is 29.1 Å². The molecular weight excluding hydrogens is 336 g/mol. The van der Waals surface area contributed by atoms with Crippen molar-refractivity contribution in [3.63, 3.8) is 0 Å². The standard InChI is InChI=1S/C23H16N2O2/c26-16-17-14-20(18-8-3-1-4-9-18)22(27-23-24-12-7-13-25-23)21(15-17)19-10-5-2-6-11-19/h1-16H. The fraction of sp³-hybridized carbons (Fsp3) is 0. The SMILES string of the molecule is O=Cc1cc(-c2ccccc2)c(Oc2ncccn2)c(-c2ccccc2)c1. The number of aromatic nitrogens is 2. The van der Waals surface area contributed by atoms with E-state index < -0.39 is 0 Å². The Bertz CT molecular complexity index is 989. The van der Waals surface area contributed by atoms with E-state index in [-0.39, 0.29) is 6.01 Å². The summed E-state index contributed by atoms with van der Waals surface area (Å²) in [6.45, 7) is 0. The van der Waals surface area contributed by atoms with Crippen molar-refractivity contribution in [3.8, 4) is 34.0 Å². The van der Waals surface area contributed by atoms with Gasteiger partial charge in [-0.1, -0.05) is 60.7 Å². The smallest absolute Gasteiger partial charge is 0.321 e. The zero-order valence-electron chi connectivity index (χ0n) is 14.4. The van der Waals surface area contributed by atoms with E-state index in [0.717, 1.165) is 28.5 Å². The maximum atomic E-state index is 11.6. The predicted molar refractivity (Wildman–Crippen MR) is 105 cm³/mol. The first kappa shape index (κ1) is 16.7. The Labute approximate surface area is 157 Å². The number of aldehydes is 1. The molecule has 0 atom stereocenters. The van der Waals surface area contributed by atoms with Gasteiger partial charge >= 0.3 is 6.01 Å². The van der Waals surface area contributed by atoms with E-state index in [4.69, 9.17) is 4.74 Å². The molecule has 3 aromatic carbocycles. The molecule has 0 saturated carbocycles. The van der Waals surface area contributed by atoms with Crippen LogP contribution in [0, 0.1) is 0 Å². The summed E-state index contributed by atoms with van der Waals surface area (Å²) in [5.41, 5.74) is 4.10. The van der Waals surface area contributed by atoms with Crippen molar-refractivity contribution in [2.45, 2.75) is 0 Å². The van der Waals surface area contributed by atoms with Gasteiger partial charge in [0.25, 0.3) is 0 Å². The molecule has 0 fully saturated rings. The molecule has 0 bridgehead atoms. The first-order chi connectivity index (χ1) is 13.3. The Morgan fingerprint density at radius 2 is 1.22 bits per heavy atom. The highest BCUT2D eigenvalue weighted by Gasteiger charge is 2.17. The van der Waals surface area contributed by atoms with Crippen LogP contribution in [-0.2, 0) is 0 Å². The number of benzene rings is 3. The largest absolute Gasteiger partial charge is 0.423 e. The normalized spacial score (nSPS) is 10.4. The van der Waals surface area contributed by atoms with Crippen LogP contribution in [0.5, 0.6) is 11.8 Å². The van der Waals surface area contributed by atoms with Crippen LogP contribution in [0.3, 0.4) is 0 Å². The van der Waals surface area contributed by atoms with Gasteiger partial charge in [0.1, 0.15) is 12.0 Å². The second-order valence-corrected chi connectivity index (χ2v) is 5.93. The molecule has 4 heteroatoms. The van der Waals surface area contributed by atoms with E-state index >= 15 is 0 Å². The molecule has 27 heavy (non-hydrogen) atoms. The van der Waals surface area contributed by atoms with E-state index in [1.807, 2.05) is 72.8 Å². The van der Waals surface area contributed by atoms with E-state index in [9.17, 15) is 4.79 Å². The Morgan fingerprint density at radius 1 is 0.704 bits per heavy atom. The highest BCUT2D eigenvalue weighted by atomic mass is 16.5. The van der Waals surface area contributed by atoms with Gasteiger partial charge in [-0.15, -0.1) is 0 Å². The third kappa shape index (κ3) is 3.60. The minimum absolute atomic E-state index is 0.255. The monoisotopic (exact) mass is 352 g/mol. The van der Waals surface area contributed by atoms with Crippen LogP contribution in [0.1, 0.15) is 10.4 Å². The molecule has 4 nitrogen and oxygen atoms in total. The van der Waals surface area contributed by atoms with Gasteiger partial charge in [-0.25, -0.2) is 9.97 Å². The van der Waals surface area contributed by atoms with Crippen LogP contribution in [0.25, 0.3) is 22.3 Å². The van der Waals surface area contributed by atoms with Crippen molar-refractivity contribution in [1.82, 2.24) is 9.97 Å². The number of carbonyl (C=O) groups excluding carboxylic acids is 1. The van der Waals surface area contributed by atoms with E-state index in [1.54, 1.807) is 18.5 Å². The summed E-state index contributed by atoms with van der Waals surface area (Å²) < 4.78 is 6.11. The molecule has 4 aromatic rings. The van der Waals surface area contributed by atoms with Gasteiger partial charge in [0.05, 0.1) is 0 Å². The summed E-state index contributed by atoms with van der Waals surface area (Å²) in [6.07, 6.45) is 4.11. The molecule has 1 aromatic heterocycles. The molecule has 0 saturated heterocycles. The van der Waals surface area contributed by atoms with E-state index in [2.05, 4.69) is 9.97 Å². The summed E-state index contributed by atoms with van der Waals surface area (Å²) in [4.78, 5) is 19.9. The molecule has 4 rings (SSSR count). The number of hydrogen-bond donors (Lipinski definition) is 0. The average Bonchev–Trinajstić information content (AvgIpc) is 2.76. The van der Waals surface area contributed by atoms with Crippen LogP contribution in [0.15, 0.2) is 91.3 Å². The molecule has 1 heterocycles. The third-order valence-electron chi connectivity index (χ3n) is 4.15. The van der Waals surface area contributed by atoms with Gasteiger partial charge in [0.2, 0.25) is 0 Å². The lowest BCUT2D eigenvalue weighted by atomic mass is 9.95. The number of rotatable bonds is 5. The summed E-state index contributed by atoms with van der Waals surface area (Å²) in [5.74, 6) is 0.615. The lowest BCUT2D eigenvalue weighted by Gasteiger charge is -2.16. The topological polar surface area (TPSA) is 52.1 Å². The highest BCUT2D eigenvalue weighted by molar-refractivity contribution is 5.89. The van der Waals surface area contributed by atoms with Crippen molar-refractivity contribution in [2.75, 3.05) is 0 Å². The molecule has 130 valence electrons. The first-order valence-electron chi connectivity index (χ1n) is 8.54. The molecule has 0 N–H and O–H groups in total. The molecule has 0 aliphatic heterocycles. The lowest BCUT2D eigenvalue weighted by Crippen LogP contribution is -1.97. The van der Waals surface area contributed by atoms with Gasteiger partial charge in [0.15, 0.2) is 0 Å². The van der Waals surface area contributed by atoms with Gasteiger partial charge in [-0.2, -0.15) is 0 Å². The fourth-order valence-corrected chi connectivity index (χ4v) is 2.92. The van der Waals surface area contributed by atoms with Crippen LogP contribution < -0.4 is 4.74 Å². The molecule has 0 amide bonds. The Hall–Kier alpha value is -3.79. The molecule has 0 unspecified atom stereocenters. The maximum Gasteiger partial charge on any atom is 0.321 e. The molecule has 0 aliphatic carbocycles. The summed E-state index contributed by atoms with van der Waals surface area (Å²) in [7, 11) is 0. The summed E-state index contributed by atoms with van der Waals surface area (Å²) >= 11 is 0. The quantitative estimate of drug-likeness (QED) is 0.450. The van der Waals surface area contributed by atoms with Crippen LogP contribution >= 0.6 is 0 Å². The van der Waals surface area contributed by atoms with Crippen LogP contribution in [-0.4, -0.2) is 16.3 Å². The zero-order chi connectivity index (χ0) is 18.5. The second kappa shape index (κ2) is 7.62. The number of hydrogen-bond acceptors (Lipinski definition) is 4. The van der Waals surface area contributed by atoms with Gasteiger partial charge in [-0.05, 0) is 29.3 Å². The van der Waals surface area contributed by atoms with Crippen molar-refractivity contribution < 1.29 is 9.53 Å². The Morgan fingerprint density at radius 3 is 1.70 bits per heavy atom. The third-order valence-corrected chi connectivity index (χ3v) is 4.15.